The van der Waals surface area contributed by atoms with Crippen LogP contribution in [0.15, 0.2) is 53.6 Å². The molecule has 1 aromatic heterocycles. The number of aryl methyl sites for hydroxylation is 2. The lowest BCUT2D eigenvalue weighted by molar-refractivity contribution is -0.160. The van der Waals surface area contributed by atoms with Crippen LogP contribution in [0.3, 0.4) is 0 Å². The van der Waals surface area contributed by atoms with Crippen LogP contribution in [0.2, 0.25) is 5.02 Å². The molecule has 3 aromatic carbocycles. The van der Waals surface area contributed by atoms with Crippen LogP contribution in [0.25, 0.3) is 21.3 Å². The standard InChI is InChI=1S/C33H36ClN5O4S/c1-18-16-21(10-13-24(18)38(7)35-6)27-30(40)39(15-14-36-27)32-37-23-17-19(2)25(28(31(41)42)43-33(3,4)5)26(29(23)44-32)20-8-11-22(34)12-9-20/h8-13,16-17,27-28,36H,6,14-15H2,1-5,7H3,(H,41,42)/t27?,28-/m0/s1. The molecule has 0 spiro atoms. The molecule has 1 amide bonds. The maximum absolute atomic E-state index is 13.9. The number of thiazole rings is 1. The number of amides is 1. The fraction of sp³-hybridized carbons (Fsp3) is 0.333. The highest BCUT2D eigenvalue weighted by molar-refractivity contribution is 7.23. The van der Waals surface area contributed by atoms with Crippen molar-refractivity contribution in [2.24, 2.45) is 5.10 Å². The van der Waals surface area contributed by atoms with Gasteiger partial charge in [0.25, 0.3) is 5.91 Å². The Bertz CT molecular complexity index is 1750. The van der Waals surface area contributed by atoms with Gasteiger partial charge in [-0.3, -0.25) is 14.7 Å². The molecule has 1 unspecified atom stereocenters. The molecule has 4 aromatic rings. The molecule has 2 atom stereocenters. The first-order chi connectivity index (χ1) is 20.8. The molecule has 2 N–H and O–H groups in total. The molecule has 11 heteroatoms. The molecule has 0 radical (unpaired) electrons. The van der Waals surface area contributed by atoms with Crippen molar-refractivity contribution in [3.8, 4) is 11.1 Å². The normalized spacial score (nSPS) is 16.3. The molecular formula is C33H36ClN5O4S. The number of carbonyl (C=O) groups excluding carboxylic acids is 1. The van der Waals surface area contributed by atoms with Crippen molar-refractivity contribution in [1.29, 1.82) is 0 Å². The summed E-state index contributed by atoms with van der Waals surface area (Å²) in [5.74, 6) is -1.19. The summed E-state index contributed by atoms with van der Waals surface area (Å²) >= 11 is 7.60. The first kappa shape index (κ1) is 31.6. The number of rotatable bonds is 8. The Labute approximate surface area is 266 Å². The number of ether oxygens (including phenoxy) is 1. The van der Waals surface area contributed by atoms with Crippen LogP contribution in [0.1, 0.15) is 55.2 Å². The number of nitrogens with one attached hydrogen (secondary N) is 1. The van der Waals surface area contributed by atoms with E-state index in [0.29, 0.717) is 39.9 Å². The Hall–Kier alpha value is -3.83. The van der Waals surface area contributed by atoms with Gasteiger partial charge in [0.15, 0.2) is 11.2 Å². The quantitative estimate of drug-likeness (QED) is 0.160. The minimum atomic E-state index is -1.22. The largest absolute Gasteiger partial charge is 0.479 e. The van der Waals surface area contributed by atoms with Crippen molar-refractivity contribution in [2.75, 3.05) is 30.0 Å². The number of anilines is 2. The van der Waals surface area contributed by atoms with Crippen molar-refractivity contribution in [3.05, 3.63) is 75.8 Å². The topological polar surface area (TPSA) is 107 Å². The summed E-state index contributed by atoms with van der Waals surface area (Å²) in [4.78, 5) is 33.2. The van der Waals surface area contributed by atoms with E-state index < -0.39 is 23.7 Å². The molecule has 0 saturated carbocycles. The summed E-state index contributed by atoms with van der Waals surface area (Å²) in [5, 5.41) is 20.5. The van der Waals surface area contributed by atoms with Crippen molar-refractivity contribution < 1.29 is 19.4 Å². The number of hydrogen-bond acceptors (Lipinski definition) is 8. The lowest BCUT2D eigenvalue weighted by atomic mass is 9.91. The Morgan fingerprint density at radius 2 is 1.91 bits per heavy atom. The minimum Gasteiger partial charge on any atom is -0.479 e. The predicted octanol–water partition coefficient (Wildman–Crippen LogP) is 6.90. The van der Waals surface area contributed by atoms with Crippen LogP contribution in [0.4, 0.5) is 10.8 Å². The van der Waals surface area contributed by atoms with Crippen LogP contribution >= 0.6 is 22.9 Å². The van der Waals surface area contributed by atoms with Gasteiger partial charge in [-0.15, -0.1) is 0 Å². The predicted molar refractivity (Wildman–Crippen MR) is 178 cm³/mol. The van der Waals surface area contributed by atoms with Gasteiger partial charge in [-0.2, -0.15) is 5.10 Å². The fourth-order valence-electron chi connectivity index (χ4n) is 5.56. The molecule has 0 aliphatic carbocycles. The molecule has 1 aliphatic rings. The highest BCUT2D eigenvalue weighted by atomic mass is 35.5. The van der Waals surface area contributed by atoms with Crippen LogP contribution in [-0.2, 0) is 14.3 Å². The zero-order valence-electron chi connectivity index (χ0n) is 25.6. The number of aliphatic carboxylic acids is 1. The zero-order valence-corrected chi connectivity index (χ0v) is 27.2. The number of piperazine rings is 1. The Morgan fingerprint density at radius 3 is 2.52 bits per heavy atom. The zero-order chi connectivity index (χ0) is 31.9. The van der Waals surface area contributed by atoms with Gasteiger partial charge in [0.05, 0.1) is 21.5 Å². The third kappa shape index (κ3) is 6.21. The monoisotopic (exact) mass is 633 g/mol. The average Bonchev–Trinajstić information content (AvgIpc) is 3.38. The summed E-state index contributed by atoms with van der Waals surface area (Å²) < 4.78 is 6.89. The molecule has 230 valence electrons. The SMILES string of the molecule is C=NN(C)c1ccc(C2NCCN(c3nc4cc(C)c([C@H](OC(C)(C)C)C(=O)O)c(-c5ccc(Cl)cc5)c4s3)C2=O)cc1C. The van der Waals surface area contributed by atoms with E-state index in [1.807, 2.05) is 78.1 Å². The number of benzene rings is 3. The van der Waals surface area contributed by atoms with E-state index in [0.717, 1.165) is 32.6 Å². The second-order valence-electron chi connectivity index (χ2n) is 11.9. The Morgan fingerprint density at radius 1 is 1.20 bits per heavy atom. The summed E-state index contributed by atoms with van der Waals surface area (Å²) in [6.07, 6.45) is -1.22. The highest BCUT2D eigenvalue weighted by Gasteiger charge is 2.35. The number of fused-ring (bicyclic) bond motifs is 1. The van der Waals surface area contributed by atoms with Crippen LogP contribution in [-0.4, -0.2) is 54.4 Å². The van der Waals surface area contributed by atoms with Crippen molar-refractivity contribution in [2.45, 2.75) is 52.4 Å². The van der Waals surface area contributed by atoms with Gasteiger partial charge in [-0.1, -0.05) is 47.2 Å². The lowest BCUT2D eigenvalue weighted by Crippen LogP contribution is -2.50. The van der Waals surface area contributed by atoms with E-state index in [1.165, 1.54) is 11.3 Å². The second-order valence-corrected chi connectivity index (χ2v) is 13.3. The number of hydrazone groups is 1. The Balaban J connectivity index is 1.62. The van der Waals surface area contributed by atoms with E-state index in [1.54, 1.807) is 22.0 Å². The van der Waals surface area contributed by atoms with Crippen molar-refractivity contribution >= 4 is 62.6 Å². The van der Waals surface area contributed by atoms with Gasteiger partial charge in [-0.05, 0) is 81.1 Å². The minimum absolute atomic E-state index is 0.109. The molecule has 1 aliphatic heterocycles. The first-order valence-electron chi connectivity index (χ1n) is 14.3. The molecule has 0 bridgehead atoms. The summed E-state index contributed by atoms with van der Waals surface area (Å²) in [5.41, 5.74) is 5.49. The lowest BCUT2D eigenvalue weighted by Gasteiger charge is -2.32. The molecule has 44 heavy (non-hydrogen) atoms. The van der Waals surface area contributed by atoms with Crippen molar-refractivity contribution in [1.82, 2.24) is 10.3 Å². The first-order valence-corrected chi connectivity index (χ1v) is 15.4. The van der Waals surface area contributed by atoms with Gasteiger partial charge in [0, 0.05) is 43.0 Å². The third-order valence-corrected chi connectivity index (χ3v) is 8.91. The fourth-order valence-corrected chi connectivity index (χ4v) is 6.85. The number of carbonyl (C=O) groups is 2. The van der Waals surface area contributed by atoms with Crippen molar-refractivity contribution in [3.63, 3.8) is 0 Å². The number of nitrogens with zero attached hydrogens (tertiary/aromatic N) is 4. The third-order valence-electron chi connectivity index (χ3n) is 7.55. The number of hydrogen-bond donors (Lipinski definition) is 2. The maximum atomic E-state index is 13.9. The van der Waals surface area contributed by atoms with E-state index in [9.17, 15) is 14.7 Å². The van der Waals surface area contributed by atoms with Crippen LogP contribution < -0.4 is 15.2 Å². The number of aromatic nitrogens is 1. The van der Waals surface area contributed by atoms with Crippen LogP contribution in [0.5, 0.6) is 0 Å². The number of carboxylic acid groups (broad SMARTS) is 1. The van der Waals surface area contributed by atoms with Crippen LogP contribution in [0, 0.1) is 13.8 Å². The summed E-state index contributed by atoms with van der Waals surface area (Å²) in [6.45, 7) is 14.0. The number of carboxylic acids is 1. The van der Waals surface area contributed by atoms with E-state index >= 15 is 0 Å². The molecule has 9 nitrogen and oxygen atoms in total. The molecule has 2 heterocycles. The average molecular weight is 634 g/mol. The molecule has 5 rings (SSSR count). The van der Waals surface area contributed by atoms with Gasteiger partial charge in [0.2, 0.25) is 0 Å². The van der Waals surface area contributed by atoms with E-state index in [2.05, 4.69) is 17.1 Å². The maximum Gasteiger partial charge on any atom is 0.337 e. The molecule has 1 fully saturated rings. The Kier molecular flexibility index (Phi) is 8.82. The van der Waals surface area contributed by atoms with E-state index in [-0.39, 0.29) is 5.91 Å². The molecular weight excluding hydrogens is 598 g/mol. The number of halogens is 1. The second kappa shape index (κ2) is 12.3. The van der Waals surface area contributed by atoms with Gasteiger partial charge in [-0.25, -0.2) is 9.78 Å². The highest BCUT2D eigenvalue weighted by Crippen LogP contribution is 2.45. The molecule has 1 saturated heterocycles. The van der Waals surface area contributed by atoms with Gasteiger partial charge >= 0.3 is 5.97 Å². The summed E-state index contributed by atoms with van der Waals surface area (Å²) in [6, 6.07) is 14.5. The van der Waals surface area contributed by atoms with E-state index in [4.69, 9.17) is 21.3 Å². The smallest absolute Gasteiger partial charge is 0.337 e. The van der Waals surface area contributed by atoms with Gasteiger partial charge in [0.1, 0.15) is 6.04 Å². The summed E-state index contributed by atoms with van der Waals surface area (Å²) in [7, 11) is 1.83. The van der Waals surface area contributed by atoms with Gasteiger partial charge < -0.3 is 15.2 Å².